The highest BCUT2D eigenvalue weighted by Gasteiger charge is 2.30. The average Bonchev–Trinajstić information content (AvgIpc) is 3.04. The van der Waals surface area contributed by atoms with E-state index in [1.165, 1.54) is 4.90 Å². The molecule has 0 radical (unpaired) electrons. The second-order valence-corrected chi connectivity index (χ2v) is 7.02. The van der Waals surface area contributed by atoms with E-state index in [0.29, 0.717) is 29.5 Å². The first-order valence-electron chi connectivity index (χ1n) is 7.89. The van der Waals surface area contributed by atoms with Crippen molar-refractivity contribution in [2.75, 3.05) is 13.1 Å². The molecule has 0 spiro atoms. The van der Waals surface area contributed by atoms with Gasteiger partial charge < -0.3 is 10.3 Å². The zero-order valence-electron chi connectivity index (χ0n) is 13.9. The van der Waals surface area contributed by atoms with Gasteiger partial charge in [-0.1, -0.05) is 42.1 Å². The smallest absolute Gasteiger partial charge is 0.324 e. The molecule has 1 atom stereocenters. The number of H-pyrrole nitrogens is 1. The minimum absolute atomic E-state index is 0.241. The summed E-state index contributed by atoms with van der Waals surface area (Å²) in [5.41, 5.74) is 1.71. The third-order valence-corrected chi connectivity index (χ3v) is 4.91. The maximum Gasteiger partial charge on any atom is 0.324 e. The molecule has 1 fully saturated rings. The number of hydrogen-bond donors (Lipinski definition) is 2. The van der Waals surface area contributed by atoms with Crippen molar-refractivity contribution in [1.82, 2.24) is 20.2 Å². The van der Waals surface area contributed by atoms with Crippen LogP contribution in [-0.2, 0) is 4.79 Å². The van der Waals surface area contributed by atoms with Gasteiger partial charge in [-0.15, -0.1) is 0 Å². The summed E-state index contributed by atoms with van der Waals surface area (Å²) in [5, 5.41) is 2.41. The van der Waals surface area contributed by atoms with E-state index in [9.17, 15) is 14.4 Å². The largest absolute Gasteiger partial charge is 0.336 e. The Bertz CT molecular complexity index is 866. The van der Waals surface area contributed by atoms with Crippen LogP contribution in [0, 0.1) is 6.92 Å². The molecule has 1 aromatic carbocycles. The number of aromatic amines is 1. The molecular formula is C17H18N4O3S. The van der Waals surface area contributed by atoms with Crippen LogP contribution in [0.1, 0.15) is 12.5 Å². The number of carbonyl (C=O) groups excluding carboxylic acids is 2. The minimum Gasteiger partial charge on any atom is -0.336 e. The van der Waals surface area contributed by atoms with Crippen LogP contribution in [-0.4, -0.2) is 45.1 Å². The molecule has 0 aliphatic carbocycles. The van der Waals surface area contributed by atoms with Gasteiger partial charge in [0.1, 0.15) is 0 Å². The van der Waals surface area contributed by atoms with Crippen LogP contribution >= 0.6 is 11.8 Å². The topological polar surface area (TPSA) is 95.2 Å². The summed E-state index contributed by atoms with van der Waals surface area (Å²) >= 11 is 1.13. The zero-order valence-corrected chi connectivity index (χ0v) is 14.7. The summed E-state index contributed by atoms with van der Waals surface area (Å²) in [4.78, 5) is 44.6. The molecule has 25 heavy (non-hydrogen) atoms. The molecule has 1 aliphatic heterocycles. The van der Waals surface area contributed by atoms with E-state index in [4.69, 9.17) is 0 Å². The van der Waals surface area contributed by atoms with Gasteiger partial charge in [-0.3, -0.25) is 14.5 Å². The molecular weight excluding hydrogens is 340 g/mol. The summed E-state index contributed by atoms with van der Waals surface area (Å²) < 4.78 is 0. The Balaban J connectivity index is 1.85. The van der Waals surface area contributed by atoms with Crippen LogP contribution in [0.15, 0.2) is 40.3 Å². The predicted octanol–water partition coefficient (Wildman–Crippen LogP) is 1.78. The van der Waals surface area contributed by atoms with Gasteiger partial charge in [0.2, 0.25) is 5.91 Å². The van der Waals surface area contributed by atoms with E-state index in [-0.39, 0.29) is 17.5 Å². The number of amides is 3. The summed E-state index contributed by atoms with van der Waals surface area (Å²) in [7, 11) is 0. The van der Waals surface area contributed by atoms with Crippen molar-refractivity contribution in [2.45, 2.75) is 24.3 Å². The highest BCUT2D eigenvalue weighted by atomic mass is 32.2. The van der Waals surface area contributed by atoms with Crippen molar-refractivity contribution in [3.63, 3.8) is 0 Å². The van der Waals surface area contributed by atoms with Crippen LogP contribution in [0.25, 0.3) is 11.3 Å². The van der Waals surface area contributed by atoms with Crippen LogP contribution in [0.5, 0.6) is 0 Å². The molecule has 2 heterocycles. The first-order valence-corrected chi connectivity index (χ1v) is 8.77. The van der Waals surface area contributed by atoms with Crippen LogP contribution in [0.4, 0.5) is 4.79 Å². The van der Waals surface area contributed by atoms with Crippen molar-refractivity contribution in [1.29, 1.82) is 0 Å². The molecule has 2 N–H and O–H groups in total. The molecule has 1 saturated heterocycles. The highest BCUT2D eigenvalue weighted by Crippen LogP contribution is 2.25. The van der Waals surface area contributed by atoms with Crippen molar-refractivity contribution in [3.8, 4) is 11.3 Å². The van der Waals surface area contributed by atoms with Gasteiger partial charge in [0.15, 0.2) is 5.16 Å². The van der Waals surface area contributed by atoms with Gasteiger partial charge in [-0.2, -0.15) is 0 Å². The van der Waals surface area contributed by atoms with Gasteiger partial charge in [0.05, 0.1) is 10.9 Å². The van der Waals surface area contributed by atoms with E-state index in [2.05, 4.69) is 15.3 Å². The fraction of sp³-hybridized carbons (Fsp3) is 0.294. The lowest BCUT2D eigenvalue weighted by Gasteiger charge is -2.17. The molecule has 0 bridgehead atoms. The second kappa shape index (κ2) is 7.10. The number of carbonyl (C=O) groups is 2. The summed E-state index contributed by atoms with van der Waals surface area (Å²) in [5.74, 6) is -0.301. The van der Waals surface area contributed by atoms with Gasteiger partial charge in [0.25, 0.3) is 5.56 Å². The standard InChI is InChI=1S/C17H18N4O3S/c1-10-13(12-6-4-3-5-7-12)19-16(20-14(10)22)25-11(2)15(23)21-9-8-18-17(21)24/h3-7,11H,8-9H2,1-2H3,(H,18,24)(H,19,20,22)/t11-/m0/s1. The minimum atomic E-state index is -0.543. The Morgan fingerprint density at radius 2 is 2.00 bits per heavy atom. The SMILES string of the molecule is Cc1c(-c2ccccc2)nc(S[C@@H](C)C(=O)N2CCNC2=O)[nH]c1=O. The van der Waals surface area contributed by atoms with E-state index < -0.39 is 5.25 Å². The molecule has 0 unspecified atom stereocenters. The fourth-order valence-corrected chi connectivity index (χ4v) is 3.42. The number of nitrogens with one attached hydrogen (secondary N) is 2. The Morgan fingerprint density at radius 1 is 1.28 bits per heavy atom. The number of hydrogen-bond acceptors (Lipinski definition) is 5. The van der Waals surface area contributed by atoms with Gasteiger partial charge in [-0.25, -0.2) is 9.78 Å². The van der Waals surface area contributed by atoms with Crippen molar-refractivity contribution in [3.05, 3.63) is 46.2 Å². The number of nitrogens with zero attached hydrogens (tertiary/aromatic N) is 2. The lowest BCUT2D eigenvalue weighted by atomic mass is 10.1. The van der Waals surface area contributed by atoms with Crippen molar-refractivity contribution < 1.29 is 9.59 Å². The van der Waals surface area contributed by atoms with Gasteiger partial charge >= 0.3 is 6.03 Å². The van der Waals surface area contributed by atoms with E-state index in [0.717, 1.165) is 17.3 Å². The van der Waals surface area contributed by atoms with E-state index in [1.807, 2.05) is 30.3 Å². The third-order valence-electron chi connectivity index (χ3n) is 3.94. The normalized spacial score (nSPS) is 15.1. The molecule has 2 aromatic rings. The molecule has 3 rings (SSSR count). The lowest BCUT2D eigenvalue weighted by molar-refractivity contribution is -0.126. The van der Waals surface area contributed by atoms with Crippen molar-refractivity contribution >= 4 is 23.7 Å². The predicted molar refractivity (Wildman–Crippen MR) is 95.5 cm³/mol. The van der Waals surface area contributed by atoms with Gasteiger partial charge in [0, 0.05) is 24.2 Å². The molecule has 8 heteroatoms. The average molecular weight is 358 g/mol. The first-order chi connectivity index (χ1) is 12.0. The monoisotopic (exact) mass is 358 g/mol. The van der Waals surface area contributed by atoms with Crippen LogP contribution < -0.4 is 10.9 Å². The molecule has 1 aliphatic rings. The Hall–Kier alpha value is -2.61. The maximum absolute atomic E-state index is 12.4. The Labute approximate surface area is 148 Å². The highest BCUT2D eigenvalue weighted by molar-refractivity contribution is 8.00. The quantitative estimate of drug-likeness (QED) is 0.642. The second-order valence-electron chi connectivity index (χ2n) is 5.69. The Kier molecular flexibility index (Phi) is 4.89. The molecule has 3 amide bonds. The fourth-order valence-electron chi connectivity index (χ4n) is 2.56. The Morgan fingerprint density at radius 3 is 2.64 bits per heavy atom. The molecule has 7 nitrogen and oxygen atoms in total. The van der Waals surface area contributed by atoms with Crippen LogP contribution in [0.3, 0.4) is 0 Å². The number of aromatic nitrogens is 2. The molecule has 1 aromatic heterocycles. The maximum atomic E-state index is 12.4. The number of rotatable bonds is 4. The summed E-state index contributed by atoms with van der Waals surface area (Å²) in [6, 6.07) is 9.03. The number of benzene rings is 1. The lowest BCUT2D eigenvalue weighted by Crippen LogP contribution is -2.39. The zero-order chi connectivity index (χ0) is 18.0. The number of urea groups is 1. The van der Waals surface area contributed by atoms with E-state index >= 15 is 0 Å². The summed E-state index contributed by atoms with van der Waals surface area (Å²) in [6.45, 7) is 4.22. The number of thioether (sulfide) groups is 1. The van der Waals surface area contributed by atoms with Crippen LogP contribution in [0.2, 0.25) is 0 Å². The molecule has 0 saturated carbocycles. The summed E-state index contributed by atoms with van der Waals surface area (Å²) in [6.07, 6.45) is 0. The van der Waals surface area contributed by atoms with Crippen molar-refractivity contribution in [2.24, 2.45) is 0 Å². The third kappa shape index (κ3) is 3.58. The first kappa shape index (κ1) is 17.2. The number of imide groups is 1. The van der Waals surface area contributed by atoms with Gasteiger partial charge in [-0.05, 0) is 13.8 Å². The van der Waals surface area contributed by atoms with E-state index in [1.54, 1.807) is 13.8 Å². The molecule has 130 valence electrons.